The first-order valence-electron chi connectivity index (χ1n) is 19.0. The smallest absolute Gasteiger partial charge is 0.336 e. The highest BCUT2D eigenvalue weighted by Gasteiger charge is 2.37. The van der Waals surface area contributed by atoms with E-state index in [1.165, 1.54) is 13.7 Å². The average Bonchev–Trinajstić information content (AvgIpc) is 2.85. The SMILES string of the molecule is C[SiH](C)O[Si](C)(C)O[Si](C)(C)CCCn1c(=O)n(CCC[Si](C)(C)O[Si](C)(C)O[SiH](C)C)c(=O)n(CCC[Si](C)(C)O[Si](C)(C)O[SiH](C)C)c1=O. The van der Waals surface area contributed by atoms with Gasteiger partial charge in [0.05, 0.1) is 0 Å². The second-order valence-corrected chi connectivity index (χ2v) is 49.9. The predicted molar refractivity (Wildman–Crippen MR) is 236 cm³/mol. The van der Waals surface area contributed by atoms with Crippen LogP contribution in [0, 0.1) is 0 Å². The van der Waals surface area contributed by atoms with Crippen molar-refractivity contribution in [1.29, 1.82) is 0 Å². The average molecular weight is 875 g/mol. The first kappa shape index (κ1) is 49.1. The second kappa shape index (κ2) is 19.8. The number of nitrogens with zero attached hydrogens (tertiary/aromatic N) is 3. The second-order valence-electron chi connectivity index (χ2n) is 17.9. The van der Waals surface area contributed by atoms with Gasteiger partial charge in [0.1, 0.15) is 0 Å². The third-order valence-corrected chi connectivity index (χ3v) is 37.7. The van der Waals surface area contributed by atoms with Gasteiger partial charge in [-0.25, -0.2) is 28.1 Å². The number of hydrogen-bond donors (Lipinski definition) is 0. The van der Waals surface area contributed by atoms with Gasteiger partial charge in [-0.05, 0) is 155 Å². The summed E-state index contributed by atoms with van der Waals surface area (Å²) in [5.41, 5.74) is -1.60. The number of rotatable bonds is 24. The molecule has 0 spiro atoms. The molecule has 1 aromatic rings. The Morgan fingerprint density at radius 3 is 0.784 bits per heavy atom. The lowest BCUT2D eigenvalue weighted by Gasteiger charge is -2.35. The van der Waals surface area contributed by atoms with Crippen molar-refractivity contribution in [3.05, 3.63) is 31.5 Å². The van der Waals surface area contributed by atoms with Crippen LogP contribution in [0.25, 0.3) is 0 Å². The molecule has 0 N–H and O–H groups in total. The Kier molecular flexibility index (Phi) is 19.1. The molecule has 12 nitrogen and oxygen atoms in total. The Bertz CT molecular complexity index is 1230. The van der Waals surface area contributed by atoms with Gasteiger partial charge in [-0.15, -0.1) is 0 Å². The van der Waals surface area contributed by atoms with Crippen LogP contribution in [-0.2, 0) is 44.3 Å². The summed E-state index contributed by atoms with van der Waals surface area (Å²) in [7, 11) is -16.9. The van der Waals surface area contributed by atoms with Gasteiger partial charge in [-0.2, -0.15) is 0 Å². The van der Waals surface area contributed by atoms with E-state index in [1.54, 1.807) is 0 Å². The zero-order valence-electron chi connectivity index (χ0n) is 35.6. The summed E-state index contributed by atoms with van der Waals surface area (Å²) >= 11 is 0. The molecule has 21 heteroatoms. The fourth-order valence-corrected chi connectivity index (χ4v) is 42.9. The molecule has 0 amide bonds. The van der Waals surface area contributed by atoms with Crippen LogP contribution in [0.15, 0.2) is 14.4 Å². The topological polar surface area (TPSA) is 121 Å². The quantitative estimate of drug-likeness (QED) is 0.113. The Morgan fingerprint density at radius 1 is 0.412 bits per heavy atom. The molecule has 1 rings (SSSR count). The third kappa shape index (κ3) is 19.0. The molecule has 0 bridgehead atoms. The van der Waals surface area contributed by atoms with Crippen LogP contribution in [-0.4, -0.2) is 91.5 Å². The Labute approximate surface area is 320 Å². The van der Waals surface area contributed by atoms with Gasteiger partial charge in [0.15, 0.2) is 52.1 Å². The van der Waals surface area contributed by atoms with Gasteiger partial charge in [-0.3, -0.25) is 0 Å². The maximum atomic E-state index is 13.9. The molecular weight excluding hydrogens is 799 g/mol. The van der Waals surface area contributed by atoms with E-state index in [-0.39, 0.29) is 19.6 Å². The van der Waals surface area contributed by atoms with Gasteiger partial charge >= 0.3 is 42.8 Å². The van der Waals surface area contributed by atoms with Crippen LogP contribution >= 0.6 is 0 Å². The summed E-state index contributed by atoms with van der Waals surface area (Å²) in [5.74, 6) is 0. The highest BCUT2D eigenvalue weighted by Crippen LogP contribution is 2.24. The third-order valence-electron chi connectivity index (χ3n) is 7.99. The fraction of sp³-hybridized carbons (Fsp3) is 0.900. The summed E-state index contributed by atoms with van der Waals surface area (Å²) in [6.45, 7) is 39.3. The molecule has 0 aromatic carbocycles. The van der Waals surface area contributed by atoms with Crippen molar-refractivity contribution in [2.24, 2.45) is 0 Å². The minimum absolute atomic E-state index is 0.235. The lowest BCUT2D eigenvalue weighted by atomic mass is 10.4. The van der Waals surface area contributed by atoms with Crippen LogP contribution in [0.4, 0.5) is 0 Å². The standard InChI is InChI=1S/C30H75N3O9Si9/c1-43(2)37-49(13,14)40-46(7,8)25-19-22-31-28(34)32(23-20-26-47(9,10)41-50(15,16)38-44(3)4)30(36)33(29(31)35)24-21-27-48(11,12)42-51(17,18)39-45(5)6/h43-45H,19-27H2,1-18H3. The molecule has 1 heterocycles. The van der Waals surface area contributed by atoms with Crippen molar-refractivity contribution in [2.75, 3.05) is 0 Å². The lowest BCUT2D eigenvalue weighted by molar-refractivity contribution is 0.394. The van der Waals surface area contributed by atoms with E-state index in [9.17, 15) is 14.4 Å². The molecule has 1 aromatic heterocycles. The molecule has 51 heavy (non-hydrogen) atoms. The minimum atomic E-state index is -2.26. The van der Waals surface area contributed by atoms with E-state index < -0.39 is 94.8 Å². The molecule has 0 saturated carbocycles. The maximum Gasteiger partial charge on any atom is 0.336 e. The van der Waals surface area contributed by atoms with Crippen molar-refractivity contribution >= 4 is 77.8 Å². The highest BCUT2D eigenvalue weighted by atomic mass is 28.5. The molecule has 0 saturated heterocycles. The molecule has 0 aliphatic rings. The summed E-state index contributed by atoms with van der Waals surface area (Å²) < 4.78 is 42.5. The molecule has 0 fully saturated rings. The van der Waals surface area contributed by atoms with E-state index in [0.717, 1.165) is 18.1 Å². The molecule has 0 radical (unpaired) electrons. The Balaban J connectivity index is 3.35. The summed E-state index contributed by atoms with van der Waals surface area (Å²) in [5, 5.41) is 0. The molecular formula is C30H75N3O9Si9. The van der Waals surface area contributed by atoms with Crippen LogP contribution in [0.2, 0.25) is 136 Å². The van der Waals surface area contributed by atoms with Crippen LogP contribution in [0.5, 0.6) is 0 Å². The minimum Gasteiger partial charge on any atom is -0.440 e. The zero-order valence-corrected chi connectivity index (χ0v) is 45.1. The van der Waals surface area contributed by atoms with Gasteiger partial charge in [0.2, 0.25) is 0 Å². The molecule has 300 valence electrons. The zero-order chi connectivity index (χ0) is 39.8. The van der Waals surface area contributed by atoms with E-state index in [2.05, 4.69) is 118 Å². The molecule has 0 aliphatic heterocycles. The van der Waals surface area contributed by atoms with Crippen molar-refractivity contribution in [1.82, 2.24) is 13.7 Å². The fourth-order valence-electron chi connectivity index (χ4n) is 7.17. The van der Waals surface area contributed by atoms with Crippen molar-refractivity contribution < 1.29 is 24.7 Å². The maximum absolute atomic E-state index is 13.9. The van der Waals surface area contributed by atoms with E-state index in [0.29, 0.717) is 19.3 Å². The van der Waals surface area contributed by atoms with Crippen molar-refractivity contribution in [3.8, 4) is 0 Å². The number of hydrogen-bond acceptors (Lipinski definition) is 9. The predicted octanol–water partition coefficient (Wildman–Crippen LogP) is 6.11. The summed E-state index contributed by atoms with van der Waals surface area (Å²) in [6.07, 6.45) is 1.82. The molecule has 0 unspecified atom stereocenters. The highest BCUT2D eigenvalue weighted by molar-refractivity contribution is 6.86. The normalized spacial score (nSPS) is 14.1. The van der Waals surface area contributed by atoms with Crippen LogP contribution < -0.4 is 17.1 Å². The van der Waals surface area contributed by atoms with Gasteiger partial charge in [-0.1, -0.05) is 0 Å². The van der Waals surface area contributed by atoms with Crippen LogP contribution in [0.1, 0.15) is 19.3 Å². The van der Waals surface area contributed by atoms with Gasteiger partial charge in [0.25, 0.3) is 0 Å². The number of aromatic nitrogens is 3. The monoisotopic (exact) mass is 873 g/mol. The van der Waals surface area contributed by atoms with Crippen molar-refractivity contribution in [2.45, 2.75) is 175 Å². The Morgan fingerprint density at radius 2 is 0.608 bits per heavy atom. The van der Waals surface area contributed by atoms with Crippen molar-refractivity contribution in [3.63, 3.8) is 0 Å². The first-order valence-corrected chi connectivity index (χ1v) is 45.1. The van der Waals surface area contributed by atoms with Crippen LogP contribution in [0.3, 0.4) is 0 Å². The largest absolute Gasteiger partial charge is 0.440 e. The molecule has 0 aliphatic carbocycles. The van der Waals surface area contributed by atoms with Gasteiger partial charge in [0, 0.05) is 19.6 Å². The van der Waals surface area contributed by atoms with E-state index >= 15 is 0 Å². The first-order chi connectivity index (χ1) is 22.9. The van der Waals surface area contributed by atoms with E-state index in [1.807, 2.05) is 0 Å². The van der Waals surface area contributed by atoms with Gasteiger partial charge < -0.3 is 24.7 Å². The lowest BCUT2D eigenvalue weighted by Crippen LogP contribution is -2.55. The Hall–Kier alpha value is 0.122. The summed E-state index contributed by atoms with van der Waals surface area (Å²) in [6, 6.07) is 2.31. The summed E-state index contributed by atoms with van der Waals surface area (Å²) in [4.78, 5) is 41.7. The molecule has 0 atom stereocenters. The van der Waals surface area contributed by atoms with E-state index in [4.69, 9.17) is 24.7 Å².